The van der Waals surface area contributed by atoms with E-state index in [0.717, 1.165) is 44.2 Å². The number of furan rings is 1. The van der Waals surface area contributed by atoms with Crippen LogP contribution in [0, 0.1) is 0 Å². The predicted molar refractivity (Wildman–Crippen MR) is 158 cm³/mol. The first-order valence-corrected chi connectivity index (χ1v) is 13.0. The van der Waals surface area contributed by atoms with Crippen LogP contribution < -0.4 is 0 Å². The third-order valence-corrected chi connectivity index (χ3v) is 7.83. The van der Waals surface area contributed by atoms with E-state index < -0.39 is 0 Å². The summed E-state index contributed by atoms with van der Waals surface area (Å²) in [6.07, 6.45) is 3.77. The van der Waals surface area contributed by atoms with Gasteiger partial charge in [-0.15, -0.1) is 0 Å². The summed E-state index contributed by atoms with van der Waals surface area (Å²) in [5.41, 5.74) is 7.75. The molecule has 0 aliphatic carbocycles. The lowest BCUT2D eigenvalue weighted by molar-refractivity contribution is 0.640. The van der Waals surface area contributed by atoms with Crippen molar-refractivity contribution in [3.63, 3.8) is 0 Å². The molecule has 0 saturated carbocycles. The summed E-state index contributed by atoms with van der Waals surface area (Å²) in [7, 11) is 0. The molecule has 9 rings (SSSR count). The fourth-order valence-electron chi connectivity index (χ4n) is 6.17. The predicted octanol–water partition coefficient (Wildman–Crippen LogP) is 8.57. The molecule has 5 nitrogen and oxygen atoms in total. The average Bonchev–Trinajstić information content (AvgIpc) is 3.64. The van der Waals surface area contributed by atoms with E-state index in [1.165, 1.54) is 21.5 Å². The summed E-state index contributed by atoms with van der Waals surface area (Å²) in [4.78, 5) is 9.49. The van der Waals surface area contributed by atoms with Gasteiger partial charge in [0.15, 0.2) is 0 Å². The van der Waals surface area contributed by atoms with Crippen LogP contribution in [0.5, 0.6) is 0 Å². The molecule has 0 N–H and O–H groups in total. The number of aromatic nitrogens is 4. The Labute approximate surface area is 222 Å². The molecule has 9 aromatic rings. The normalized spacial score (nSPS) is 12.1. The Hall–Kier alpha value is -5.42. The Morgan fingerprint density at radius 1 is 0.410 bits per heavy atom. The summed E-state index contributed by atoms with van der Waals surface area (Å²) in [5.74, 6) is 0. The third-order valence-electron chi connectivity index (χ3n) is 7.83. The molecule has 0 aliphatic rings. The van der Waals surface area contributed by atoms with Crippen LogP contribution in [0.25, 0.3) is 77.2 Å². The van der Waals surface area contributed by atoms with E-state index in [9.17, 15) is 0 Å². The second kappa shape index (κ2) is 7.55. The third kappa shape index (κ3) is 2.79. The Morgan fingerprint density at radius 3 is 1.10 bits per heavy atom. The smallest absolute Gasteiger partial charge is 0.229 e. The minimum atomic E-state index is 0.585. The highest BCUT2D eigenvalue weighted by atomic mass is 16.3. The molecule has 0 radical (unpaired) electrons. The van der Waals surface area contributed by atoms with Gasteiger partial charge in [-0.3, -0.25) is 0 Å². The highest BCUT2D eigenvalue weighted by Gasteiger charge is 2.17. The van der Waals surface area contributed by atoms with Gasteiger partial charge in [0, 0.05) is 21.5 Å². The van der Waals surface area contributed by atoms with Crippen molar-refractivity contribution in [2.24, 2.45) is 0 Å². The molecule has 0 saturated heterocycles. The highest BCUT2D eigenvalue weighted by Crippen LogP contribution is 2.36. The summed E-state index contributed by atoms with van der Waals surface area (Å²) in [6.45, 7) is 0. The van der Waals surface area contributed by atoms with E-state index in [2.05, 4.69) is 118 Å². The van der Waals surface area contributed by atoms with Crippen molar-refractivity contribution in [3.05, 3.63) is 122 Å². The topological polar surface area (TPSA) is 48.8 Å². The molecule has 0 spiro atoms. The zero-order chi connectivity index (χ0) is 25.5. The Balaban J connectivity index is 1.32. The van der Waals surface area contributed by atoms with Crippen molar-refractivity contribution < 1.29 is 4.42 Å². The molecule has 39 heavy (non-hydrogen) atoms. The van der Waals surface area contributed by atoms with Crippen LogP contribution in [0.1, 0.15) is 0 Å². The van der Waals surface area contributed by atoms with Gasteiger partial charge in [-0.25, -0.2) is 9.97 Å². The lowest BCUT2D eigenvalue weighted by atomic mass is 10.2. The Kier molecular flexibility index (Phi) is 3.99. The quantitative estimate of drug-likeness (QED) is 0.239. The van der Waals surface area contributed by atoms with Gasteiger partial charge in [-0.2, -0.15) is 0 Å². The largest absolute Gasteiger partial charge is 0.419 e. The molecule has 0 fully saturated rings. The molecule has 0 unspecified atom stereocenters. The Bertz CT molecular complexity index is 2130. The number of pyridine rings is 2. The van der Waals surface area contributed by atoms with Crippen molar-refractivity contribution in [2.75, 3.05) is 0 Å². The van der Waals surface area contributed by atoms with Crippen molar-refractivity contribution in [1.82, 2.24) is 19.1 Å². The Morgan fingerprint density at radius 2 is 0.744 bits per heavy atom. The lowest BCUT2D eigenvalue weighted by Crippen LogP contribution is -1.95. The maximum atomic E-state index is 6.11. The number of hydrogen-bond donors (Lipinski definition) is 0. The van der Waals surface area contributed by atoms with Gasteiger partial charge >= 0.3 is 0 Å². The number of para-hydroxylation sites is 4. The maximum absolute atomic E-state index is 6.11. The molecule has 5 heterocycles. The number of rotatable bonds is 2. The fraction of sp³-hybridized carbons (Fsp3) is 0. The first kappa shape index (κ1) is 20.6. The number of benzene rings is 4. The van der Waals surface area contributed by atoms with Crippen molar-refractivity contribution in [2.45, 2.75) is 0 Å². The molecular weight excluding hydrogens is 480 g/mol. The van der Waals surface area contributed by atoms with E-state index in [0.29, 0.717) is 11.4 Å². The molecule has 0 bridgehead atoms. The average molecular weight is 501 g/mol. The van der Waals surface area contributed by atoms with Gasteiger partial charge in [0.05, 0.1) is 56.6 Å². The highest BCUT2D eigenvalue weighted by molar-refractivity contribution is 6.11. The maximum Gasteiger partial charge on any atom is 0.229 e. The van der Waals surface area contributed by atoms with Crippen LogP contribution in [-0.4, -0.2) is 19.1 Å². The standard InChI is InChI=1S/C34H20N4O/c1-5-13-29-23(9-1)24-10-2-6-14-30(24)37(29)21-17-27-28-18-22(20-36-34(28)39-33(27)35-19-21)38-31-15-7-3-11-25(31)26-12-4-8-16-32(26)38/h1-20H. The van der Waals surface area contributed by atoms with Crippen LogP contribution in [0.2, 0.25) is 0 Å². The van der Waals surface area contributed by atoms with Gasteiger partial charge in [-0.05, 0) is 36.4 Å². The monoisotopic (exact) mass is 500 g/mol. The molecule has 5 aromatic heterocycles. The zero-order valence-corrected chi connectivity index (χ0v) is 20.7. The van der Waals surface area contributed by atoms with Gasteiger partial charge in [0.1, 0.15) is 0 Å². The fourth-order valence-corrected chi connectivity index (χ4v) is 6.17. The van der Waals surface area contributed by atoms with E-state index in [4.69, 9.17) is 14.4 Å². The first-order chi connectivity index (χ1) is 19.3. The van der Waals surface area contributed by atoms with Crippen LogP contribution in [-0.2, 0) is 0 Å². The van der Waals surface area contributed by atoms with E-state index in [1.54, 1.807) is 0 Å². The summed E-state index contributed by atoms with van der Waals surface area (Å²) >= 11 is 0. The summed E-state index contributed by atoms with van der Waals surface area (Å²) in [5, 5.41) is 6.78. The molecular formula is C34H20N4O. The van der Waals surface area contributed by atoms with Gasteiger partial charge in [-0.1, -0.05) is 72.8 Å². The number of nitrogens with zero attached hydrogens (tertiary/aromatic N) is 4. The number of fused-ring (bicyclic) bond motifs is 9. The first-order valence-electron chi connectivity index (χ1n) is 13.0. The molecule has 4 aromatic carbocycles. The minimum Gasteiger partial charge on any atom is -0.419 e. The molecule has 5 heteroatoms. The molecule has 182 valence electrons. The zero-order valence-electron chi connectivity index (χ0n) is 20.7. The molecule has 0 aliphatic heterocycles. The van der Waals surface area contributed by atoms with Crippen LogP contribution in [0.4, 0.5) is 0 Å². The second-order valence-corrected chi connectivity index (χ2v) is 9.93. The van der Waals surface area contributed by atoms with Crippen LogP contribution in [0.3, 0.4) is 0 Å². The van der Waals surface area contributed by atoms with Gasteiger partial charge in [0.25, 0.3) is 0 Å². The van der Waals surface area contributed by atoms with Gasteiger partial charge in [0.2, 0.25) is 11.4 Å². The summed E-state index contributed by atoms with van der Waals surface area (Å²) in [6, 6.07) is 38.4. The molecule has 0 atom stereocenters. The van der Waals surface area contributed by atoms with Crippen molar-refractivity contribution >= 4 is 65.8 Å². The van der Waals surface area contributed by atoms with Crippen LogP contribution in [0.15, 0.2) is 126 Å². The molecule has 0 amide bonds. The van der Waals surface area contributed by atoms with E-state index in [1.807, 2.05) is 12.4 Å². The second-order valence-electron chi connectivity index (χ2n) is 9.93. The number of hydrogen-bond acceptors (Lipinski definition) is 3. The van der Waals surface area contributed by atoms with Crippen molar-refractivity contribution in [3.8, 4) is 11.4 Å². The van der Waals surface area contributed by atoms with Crippen LogP contribution >= 0.6 is 0 Å². The van der Waals surface area contributed by atoms with E-state index in [-0.39, 0.29) is 0 Å². The van der Waals surface area contributed by atoms with Gasteiger partial charge < -0.3 is 13.6 Å². The SMILES string of the molecule is c1ccc2c(c1)c1ccccc1n2-c1cnc2oc3ncc(-n4c5ccccc5c5ccccc54)cc3c2c1. The van der Waals surface area contributed by atoms with Crippen molar-refractivity contribution in [1.29, 1.82) is 0 Å². The van der Waals surface area contributed by atoms with E-state index >= 15 is 0 Å². The minimum absolute atomic E-state index is 0.585. The lowest BCUT2D eigenvalue weighted by Gasteiger charge is -2.08. The summed E-state index contributed by atoms with van der Waals surface area (Å²) < 4.78 is 10.7.